The van der Waals surface area contributed by atoms with Crippen LogP contribution in [0.3, 0.4) is 0 Å². The molecule has 0 aliphatic rings. The Morgan fingerprint density at radius 3 is 2.71 bits per heavy atom. The van der Waals surface area contributed by atoms with Crippen LogP contribution in [-0.2, 0) is 6.61 Å². The first-order valence-electron chi connectivity index (χ1n) is 7.88. The monoisotopic (exact) mass is 495 g/mol. The van der Waals surface area contributed by atoms with E-state index in [0.717, 1.165) is 10.0 Å². The summed E-state index contributed by atoms with van der Waals surface area (Å²) in [5, 5.41) is 10.8. The number of nitriles is 1. The Morgan fingerprint density at radius 2 is 2.04 bits per heavy atom. The highest BCUT2D eigenvalue weighted by molar-refractivity contribution is 9.10. The van der Waals surface area contributed by atoms with Crippen LogP contribution in [0.4, 0.5) is 0 Å². The summed E-state index contributed by atoms with van der Waals surface area (Å²) in [5.41, 5.74) is 1.06. The van der Waals surface area contributed by atoms with E-state index in [-0.39, 0.29) is 17.9 Å². The average molecular weight is 497 g/mol. The molecule has 0 aliphatic carbocycles. The Labute approximate surface area is 183 Å². The minimum atomic E-state index is -0.493. The van der Waals surface area contributed by atoms with Crippen molar-refractivity contribution in [3.05, 3.63) is 72.4 Å². The Balaban J connectivity index is 2.05. The first-order chi connectivity index (χ1) is 13.4. The number of aromatic amines is 1. The summed E-state index contributed by atoms with van der Waals surface area (Å²) < 4.78 is 6.71. The van der Waals surface area contributed by atoms with E-state index in [0.29, 0.717) is 26.5 Å². The van der Waals surface area contributed by atoms with Gasteiger partial charge in [0.1, 0.15) is 29.7 Å². The molecule has 0 amide bonds. The Hall–Kier alpha value is -1.98. The third-order valence-corrected chi connectivity index (χ3v) is 5.59. The van der Waals surface area contributed by atoms with Crippen LogP contribution in [0.1, 0.15) is 11.1 Å². The van der Waals surface area contributed by atoms with Gasteiger partial charge in [0.2, 0.25) is 0 Å². The number of nitrogens with zero attached hydrogens (tertiary/aromatic N) is 2. The van der Waals surface area contributed by atoms with Crippen LogP contribution in [0.25, 0.3) is 11.3 Å². The topological polar surface area (TPSA) is 78.8 Å². The number of hydrogen-bond acceptors (Lipinski definition) is 5. The quantitative estimate of drug-likeness (QED) is 0.363. The lowest BCUT2D eigenvalue weighted by molar-refractivity contribution is 0.307. The van der Waals surface area contributed by atoms with Crippen LogP contribution in [0, 0.1) is 11.3 Å². The lowest BCUT2D eigenvalue weighted by Gasteiger charge is -2.13. The fourth-order valence-electron chi connectivity index (χ4n) is 2.45. The third kappa shape index (κ3) is 4.53. The molecule has 9 heteroatoms. The summed E-state index contributed by atoms with van der Waals surface area (Å²) in [6, 6.07) is 12.5. The van der Waals surface area contributed by atoms with E-state index in [1.54, 1.807) is 30.5 Å². The van der Waals surface area contributed by atoms with Gasteiger partial charge in [-0.1, -0.05) is 57.0 Å². The summed E-state index contributed by atoms with van der Waals surface area (Å²) in [7, 11) is 0. The van der Waals surface area contributed by atoms with Gasteiger partial charge in [-0.25, -0.2) is 4.98 Å². The summed E-state index contributed by atoms with van der Waals surface area (Å²) in [5.74, 6) is 0.482. The van der Waals surface area contributed by atoms with Gasteiger partial charge in [-0.2, -0.15) is 5.26 Å². The number of rotatable bonds is 5. The van der Waals surface area contributed by atoms with E-state index >= 15 is 0 Å². The highest BCUT2D eigenvalue weighted by atomic mass is 79.9. The molecule has 3 aromatic rings. The fourth-order valence-corrected chi connectivity index (χ4v) is 3.51. The van der Waals surface area contributed by atoms with E-state index in [1.807, 2.05) is 18.2 Å². The molecule has 0 atom stereocenters. The average Bonchev–Trinajstić information content (AvgIpc) is 2.68. The molecule has 142 valence electrons. The van der Waals surface area contributed by atoms with Crippen molar-refractivity contribution >= 4 is 50.9 Å². The van der Waals surface area contributed by atoms with Crippen molar-refractivity contribution in [1.82, 2.24) is 9.97 Å². The third-order valence-electron chi connectivity index (χ3n) is 3.78. The van der Waals surface area contributed by atoms with Crippen molar-refractivity contribution in [1.29, 1.82) is 5.26 Å². The van der Waals surface area contributed by atoms with Gasteiger partial charge < -0.3 is 9.72 Å². The molecule has 0 spiro atoms. The smallest absolute Gasteiger partial charge is 0.270 e. The second kappa shape index (κ2) is 9.01. The van der Waals surface area contributed by atoms with E-state index in [9.17, 15) is 10.1 Å². The maximum Gasteiger partial charge on any atom is 0.270 e. The second-order valence-electron chi connectivity index (χ2n) is 5.59. The highest BCUT2D eigenvalue weighted by Crippen LogP contribution is 2.34. The second-order valence-corrected chi connectivity index (χ2v) is 8.11. The Morgan fingerprint density at radius 1 is 1.25 bits per heavy atom. The molecule has 0 aliphatic heterocycles. The molecule has 3 rings (SSSR count). The van der Waals surface area contributed by atoms with E-state index < -0.39 is 5.56 Å². The number of aromatic nitrogens is 2. The lowest BCUT2D eigenvalue weighted by Crippen LogP contribution is -2.15. The van der Waals surface area contributed by atoms with Crippen molar-refractivity contribution in [2.75, 3.05) is 6.26 Å². The van der Waals surface area contributed by atoms with Crippen LogP contribution in [0.5, 0.6) is 5.75 Å². The normalized spacial score (nSPS) is 10.5. The van der Waals surface area contributed by atoms with E-state index in [1.165, 1.54) is 11.8 Å². The number of H-pyrrole nitrogens is 1. The van der Waals surface area contributed by atoms with Gasteiger partial charge in [0, 0.05) is 10.0 Å². The summed E-state index contributed by atoms with van der Waals surface area (Å²) >= 11 is 16.7. The highest BCUT2D eigenvalue weighted by Gasteiger charge is 2.18. The van der Waals surface area contributed by atoms with Gasteiger partial charge in [0.25, 0.3) is 5.56 Å². The number of nitrogens with one attached hydrogen (secondary N) is 1. The zero-order valence-electron chi connectivity index (χ0n) is 14.4. The fraction of sp³-hybridized carbons (Fsp3) is 0.105. The summed E-state index contributed by atoms with van der Waals surface area (Å²) in [6.07, 6.45) is 1.79. The van der Waals surface area contributed by atoms with E-state index in [4.69, 9.17) is 27.9 Å². The largest absolute Gasteiger partial charge is 0.488 e. The molecule has 0 bridgehead atoms. The number of thioether (sulfide) groups is 1. The maximum atomic E-state index is 12.3. The van der Waals surface area contributed by atoms with Crippen LogP contribution < -0.4 is 10.3 Å². The molecule has 0 fully saturated rings. The van der Waals surface area contributed by atoms with Crippen molar-refractivity contribution in [3.63, 3.8) is 0 Å². The molecule has 5 nitrogen and oxygen atoms in total. The number of halogens is 3. The molecule has 0 saturated heterocycles. The first kappa shape index (κ1) is 20.7. The zero-order valence-corrected chi connectivity index (χ0v) is 18.3. The molecule has 1 N–H and O–H groups in total. The molecule has 2 aromatic carbocycles. The SMILES string of the molecule is CSc1nc(-c2cc(Br)ccc2OCc2ccc(Cl)c(Cl)c2)c(C#N)c(=O)[nH]1. The predicted octanol–water partition coefficient (Wildman–Crippen LogP) is 5.68. The van der Waals surface area contributed by atoms with Gasteiger partial charge in [0.15, 0.2) is 5.16 Å². The van der Waals surface area contributed by atoms with Crippen molar-refractivity contribution < 1.29 is 4.74 Å². The van der Waals surface area contributed by atoms with Gasteiger partial charge in [-0.3, -0.25) is 4.79 Å². The summed E-state index contributed by atoms with van der Waals surface area (Å²) in [4.78, 5) is 19.3. The molecule has 0 unspecified atom stereocenters. The molecule has 1 aromatic heterocycles. The van der Waals surface area contributed by atoms with E-state index in [2.05, 4.69) is 25.9 Å². The number of hydrogen-bond donors (Lipinski definition) is 1. The van der Waals surface area contributed by atoms with Crippen molar-refractivity contribution in [2.24, 2.45) is 0 Å². The molecular formula is C19H12BrCl2N3O2S. The minimum absolute atomic E-state index is 0.0738. The van der Waals surface area contributed by atoms with Crippen LogP contribution in [-0.4, -0.2) is 16.2 Å². The number of ether oxygens (including phenoxy) is 1. The maximum absolute atomic E-state index is 12.3. The minimum Gasteiger partial charge on any atom is -0.488 e. The van der Waals surface area contributed by atoms with Crippen LogP contribution in [0.2, 0.25) is 10.0 Å². The molecule has 0 saturated carbocycles. The van der Waals surface area contributed by atoms with Gasteiger partial charge in [-0.15, -0.1) is 0 Å². The predicted molar refractivity (Wildman–Crippen MR) is 115 cm³/mol. The summed E-state index contributed by atoms with van der Waals surface area (Å²) in [6.45, 7) is 0.228. The van der Waals surface area contributed by atoms with Crippen molar-refractivity contribution in [2.45, 2.75) is 11.8 Å². The zero-order chi connectivity index (χ0) is 20.3. The van der Waals surface area contributed by atoms with Crippen LogP contribution >= 0.6 is 50.9 Å². The standard InChI is InChI=1S/C19H12BrCl2N3O2S/c1-28-19-24-17(13(8-23)18(26)25-19)12-7-11(20)3-5-16(12)27-9-10-2-4-14(21)15(22)6-10/h2-7H,9H2,1H3,(H,24,25,26). The van der Waals surface area contributed by atoms with Gasteiger partial charge >= 0.3 is 0 Å². The molecule has 28 heavy (non-hydrogen) atoms. The van der Waals surface area contributed by atoms with Gasteiger partial charge in [0.05, 0.1) is 10.0 Å². The van der Waals surface area contributed by atoms with Crippen molar-refractivity contribution in [3.8, 4) is 23.1 Å². The Kier molecular flexibility index (Phi) is 6.68. The van der Waals surface area contributed by atoms with Gasteiger partial charge in [-0.05, 0) is 42.2 Å². The Bertz CT molecular complexity index is 1140. The first-order valence-corrected chi connectivity index (χ1v) is 10.7. The lowest BCUT2D eigenvalue weighted by atomic mass is 10.1. The van der Waals surface area contributed by atoms with Crippen LogP contribution in [0.15, 0.2) is 50.8 Å². The molecular weight excluding hydrogens is 485 g/mol. The molecule has 0 radical (unpaired) electrons. The number of benzene rings is 2. The molecule has 1 heterocycles.